The van der Waals surface area contributed by atoms with Gasteiger partial charge in [-0.15, -0.1) is 6.42 Å². The van der Waals surface area contributed by atoms with Gasteiger partial charge in [-0.3, -0.25) is 0 Å². The first-order chi connectivity index (χ1) is 7.38. The molecule has 0 bridgehead atoms. The van der Waals surface area contributed by atoms with Gasteiger partial charge in [-0.2, -0.15) is 0 Å². The second kappa shape index (κ2) is 4.93. The molecular weight excluding hydrogens is 273 g/mol. The summed E-state index contributed by atoms with van der Waals surface area (Å²) in [5, 5.41) is 4.71. The number of primary sulfonamides is 1. The highest BCUT2D eigenvalue weighted by atomic mass is 35.5. The van der Waals surface area contributed by atoms with Gasteiger partial charge in [-0.25, -0.2) is 13.6 Å². The SMILES string of the molecule is C#CCOc1ccc(S(N)(=O)=O)c(Cl)c1Cl. The number of hydrogen-bond acceptors (Lipinski definition) is 3. The topological polar surface area (TPSA) is 69.4 Å². The van der Waals surface area contributed by atoms with E-state index in [9.17, 15) is 8.42 Å². The van der Waals surface area contributed by atoms with E-state index in [1.807, 2.05) is 0 Å². The van der Waals surface area contributed by atoms with E-state index in [1.54, 1.807) is 0 Å². The summed E-state index contributed by atoms with van der Waals surface area (Å²) in [5.41, 5.74) is 0. The molecule has 0 unspecified atom stereocenters. The van der Waals surface area contributed by atoms with E-state index in [4.69, 9.17) is 39.5 Å². The van der Waals surface area contributed by atoms with Crippen LogP contribution in [0.5, 0.6) is 5.75 Å². The summed E-state index contributed by atoms with van der Waals surface area (Å²) < 4.78 is 27.2. The maximum atomic E-state index is 11.1. The van der Waals surface area contributed by atoms with Crippen LogP contribution < -0.4 is 9.88 Å². The molecule has 16 heavy (non-hydrogen) atoms. The molecule has 1 aromatic rings. The van der Waals surface area contributed by atoms with Gasteiger partial charge < -0.3 is 4.74 Å². The molecule has 0 heterocycles. The summed E-state index contributed by atoms with van der Waals surface area (Å²) in [6.45, 7) is 0.00473. The maximum absolute atomic E-state index is 11.1. The predicted molar refractivity (Wildman–Crippen MR) is 62.2 cm³/mol. The van der Waals surface area contributed by atoms with Crippen molar-refractivity contribution in [2.45, 2.75) is 4.90 Å². The van der Waals surface area contributed by atoms with Crippen molar-refractivity contribution in [1.82, 2.24) is 0 Å². The first-order valence-corrected chi connectivity index (χ1v) is 6.25. The maximum Gasteiger partial charge on any atom is 0.239 e. The van der Waals surface area contributed by atoms with Crippen LogP contribution in [0.25, 0.3) is 0 Å². The van der Waals surface area contributed by atoms with Crippen molar-refractivity contribution in [2.24, 2.45) is 5.14 Å². The normalized spacial score (nSPS) is 10.9. The van der Waals surface area contributed by atoms with Crippen molar-refractivity contribution >= 4 is 33.2 Å². The summed E-state index contributed by atoms with van der Waals surface area (Å²) in [7, 11) is -3.91. The van der Waals surface area contributed by atoms with Gasteiger partial charge in [0.05, 0.1) is 5.02 Å². The largest absolute Gasteiger partial charge is 0.479 e. The molecule has 0 fully saturated rings. The number of nitrogens with two attached hydrogens (primary N) is 1. The molecule has 0 aliphatic carbocycles. The number of terminal acetylenes is 1. The van der Waals surface area contributed by atoms with Gasteiger partial charge in [0, 0.05) is 0 Å². The fraction of sp³-hybridized carbons (Fsp3) is 0.111. The minimum Gasteiger partial charge on any atom is -0.479 e. The minimum absolute atomic E-state index is 0.00473. The average molecular weight is 280 g/mol. The van der Waals surface area contributed by atoms with Gasteiger partial charge in [-0.1, -0.05) is 29.1 Å². The Bertz CT molecular complexity index is 549. The fourth-order valence-corrected chi connectivity index (χ4v) is 2.33. The Morgan fingerprint density at radius 2 is 2.00 bits per heavy atom. The zero-order valence-electron chi connectivity index (χ0n) is 7.91. The van der Waals surface area contributed by atoms with E-state index in [1.165, 1.54) is 12.1 Å². The monoisotopic (exact) mass is 279 g/mol. The van der Waals surface area contributed by atoms with Crippen molar-refractivity contribution in [3.63, 3.8) is 0 Å². The first kappa shape index (κ1) is 13.1. The van der Waals surface area contributed by atoms with Gasteiger partial charge in [0.15, 0.2) is 0 Å². The number of hydrogen-bond donors (Lipinski definition) is 1. The van der Waals surface area contributed by atoms with Gasteiger partial charge in [-0.05, 0) is 12.1 Å². The molecular formula is C9H7Cl2NO3S. The lowest BCUT2D eigenvalue weighted by molar-refractivity contribution is 0.370. The molecule has 0 aromatic heterocycles. The summed E-state index contributed by atoms with van der Waals surface area (Å²) in [4.78, 5) is -0.257. The molecule has 0 radical (unpaired) electrons. The smallest absolute Gasteiger partial charge is 0.239 e. The molecule has 86 valence electrons. The van der Waals surface area contributed by atoms with Crippen molar-refractivity contribution in [1.29, 1.82) is 0 Å². The lowest BCUT2D eigenvalue weighted by atomic mass is 10.3. The van der Waals surface area contributed by atoms with Crippen LogP contribution in [0.4, 0.5) is 0 Å². The van der Waals surface area contributed by atoms with Crippen LogP contribution >= 0.6 is 23.2 Å². The Morgan fingerprint density at radius 3 is 2.50 bits per heavy atom. The van der Waals surface area contributed by atoms with Gasteiger partial charge in [0.25, 0.3) is 0 Å². The van der Waals surface area contributed by atoms with E-state index in [-0.39, 0.29) is 27.3 Å². The zero-order valence-corrected chi connectivity index (χ0v) is 10.2. The van der Waals surface area contributed by atoms with E-state index < -0.39 is 10.0 Å². The minimum atomic E-state index is -3.91. The Kier molecular flexibility index (Phi) is 4.05. The van der Waals surface area contributed by atoms with Crippen molar-refractivity contribution in [3.8, 4) is 18.1 Å². The summed E-state index contributed by atoms with van der Waals surface area (Å²) >= 11 is 11.5. The van der Waals surface area contributed by atoms with E-state index in [0.29, 0.717) is 0 Å². The third kappa shape index (κ3) is 2.80. The summed E-state index contributed by atoms with van der Waals surface area (Å²) in [5.74, 6) is 2.45. The van der Waals surface area contributed by atoms with Gasteiger partial charge >= 0.3 is 0 Å². The average Bonchev–Trinajstić information content (AvgIpc) is 2.18. The molecule has 0 saturated carbocycles. The van der Waals surface area contributed by atoms with Gasteiger partial charge in [0.2, 0.25) is 10.0 Å². The van der Waals surface area contributed by atoms with Crippen LogP contribution in [0.15, 0.2) is 17.0 Å². The number of rotatable bonds is 3. The van der Waals surface area contributed by atoms with Gasteiger partial charge in [0.1, 0.15) is 22.3 Å². The molecule has 0 aliphatic heterocycles. The number of ether oxygens (including phenoxy) is 1. The molecule has 7 heteroatoms. The third-order valence-electron chi connectivity index (χ3n) is 1.63. The Labute approximate surface area is 103 Å². The van der Waals surface area contributed by atoms with E-state index in [0.717, 1.165) is 0 Å². The first-order valence-electron chi connectivity index (χ1n) is 3.95. The molecule has 0 spiro atoms. The lowest BCUT2D eigenvalue weighted by Crippen LogP contribution is -2.13. The number of sulfonamides is 1. The highest BCUT2D eigenvalue weighted by molar-refractivity contribution is 7.89. The Morgan fingerprint density at radius 1 is 1.38 bits per heavy atom. The van der Waals surface area contributed by atoms with Crippen LogP contribution in [0, 0.1) is 12.3 Å². The zero-order chi connectivity index (χ0) is 12.3. The quantitative estimate of drug-likeness (QED) is 0.856. The van der Waals surface area contributed by atoms with Crippen LogP contribution in [0.1, 0.15) is 0 Å². The summed E-state index contributed by atoms with van der Waals surface area (Å²) in [6, 6.07) is 2.54. The lowest BCUT2D eigenvalue weighted by Gasteiger charge is -2.08. The second-order valence-electron chi connectivity index (χ2n) is 2.73. The third-order valence-corrected chi connectivity index (χ3v) is 3.56. The fourth-order valence-electron chi connectivity index (χ4n) is 0.965. The molecule has 1 aromatic carbocycles. The summed E-state index contributed by atoms with van der Waals surface area (Å²) in [6.07, 6.45) is 5.00. The number of benzene rings is 1. The number of halogens is 2. The van der Waals surface area contributed by atoms with Crippen molar-refractivity contribution in [3.05, 3.63) is 22.2 Å². The van der Waals surface area contributed by atoms with Crippen molar-refractivity contribution < 1.29 is 13.2 Å². The molecule has 0 saturated heterocycles. The highest BCUT2D eigenvalue weighted by Crippen LogP contribution is 2.36. The molecule has 4 nitrogen and oxygen atoms in total. The van der Waals surface area contributed by atoms with Crippen LogP contribution in [-0.2, 0) is 10.0 Å². The van der Waals surface area contributed by atoms with E-state index >= 15 is 0 Å². The molecule has 0 atom stereocenters. The van der Waals surface area contributed by atoms with Crippen LogP contribution in [-0.4, -0.2) is 15.0 Å². The molecule has 2 N–H and O–H groups in total. The van der Waals surface area contributed by atoms with E-state index in [2.05, 4.69) is 5.92 Å². The molecule has 1 rings (SSSR count). The molecule has 0 aliphatic rings. The predicted octanol–water partition coefficient (Wildman–Crippen LogP) is 1.65. The van der Waals surface area contributed by atoms with Crippen LogP contribution in [0.2, 0.25) is 10.0 Å². The standard InChI is InChI=1S/C9H7Cl2NO3S/c1-2-5-15-6-3-4-7(16(12,13)14)9(11)8(6)10/h1,3-4H,5H2,(H2,12,13,14). The van der Waals surface area contributed by atoms with Crippen molar-refractivity contribution in [2.75, 3.05) is 6.61 Å². The second-order valence-corrected chi connectivity index (χ2v) is 5.01. The molecule has 0 amide bonds. The Balaban J connectivity index is 3.25. The highest BCUT2D eigenvalue weighted by Gasteiger charge is 2.18. The van der Waals surface area contributed by atoms with Crippen LogP contribution in [0.3, 0.4) is 0 Å². The Hall–Kier alpha value is -0.930.